The molecule has 1 saturated heterocycles. The molecule has 4 bridgehead atoms. The Morgan fingerprint density at radius 1 is 1.15 bits per heavy atom. The third-order valence-electron chi connectivity index (χ3n) is 7.94. The normalized spacial score (nSPS) is 45.6. The molecule has 1 aromatic rings. The molecule has 5 fully saturated rings. The van der Waals surface area contributed by atoms with Crippen LogP contribution in [0, 0.1) is 16.7 Å². The van der Waals surface area contributed by atoms with Crippen molar-refractivity contribution in [3.05, 3.63) is 35.9 Å². The van der Waals surface area contributed by atoms with Crippen LogP contribution in [-0.4, -0.2) is 31.2 Å². The minimum atomic E-state index is -0.977. The van der Waals surface area contributed by atoms with E-state index in [4.69, 9.17) is 0 Å². The number of carbonyl (C=O) groups excluding carboxylic acids is 1. The second-order valence-electron chi connectivity index (χ2n) is 10.3. The maximum absolute atomic E-state index is 14.3. The van der Waals surface area contributed by atoms with Crippen molar-refractivity contribution in [3.63, 3.8) is 0 Å². The summed E-state index contributed by atoms with van der Waals surface area (Å²) in [7, 11) is 0. The standard InChI is InChI=1S/C23H31FN2O/c1-21-9-16-10-22(13-21,17-5-3-2-4-6-17)15-23(11-16,14-21)20(27)26-19-7-8-25-12-18(19)24/h2-6,16,18-19,25H,7-15H2,1H3,(H,26,27)/t16-,18-,19-,21?,22?,23?/m1/s1. The Kier molecular flexibility index (Phi) is 3.95. The minimum absolute atomic E-state index is 0.121. The van der Waals surface area contributed by atoms with Crippen molar-refractivity contribution in [1.82, 2.24) is 10.6 Å². The molecule has 1 heterocycles. The summed E-state index contributed by atoms with van der Waals surface area (Å²) in [4.78, 5) is 13.5. The van der Waals surface area contributed by atoms with E-state index < -0.39 is 6.17 Å². The number of carbonyl (C=O) groups is 1. The van der Waals surface area contributed by atoms with E-state index in [-0.39, 0.29) is 28.2 Å². The molecule has 146 valence electrons. The fourth-order valence-electron chi connectivity index (χ4n) is 7.59. The van der Waals surface area contributed by atoms with Crippen LogP contribution < -0.4 is 10.6 Å². The van der Waals surface area contributed by atoms with E-state index >= 15 is 0 Å². The number of amides is 1. The zero-order chi connectivity index (χ0) is 18.7. The van der Waals surface area contributed by atoms with Crippen molar-refractivity contribution >= 4 is 5.91 Å². The number of hydrogen-bond acceptors (Lipinski definition) is 2. The predicted octanol–water partition coefficient (Wildman–Crippen LogP) is 3.73. The lowest BCUT2D eigenvalue weighted by atomic mass is 9.38. The summed E-state index contributed by atoms with van der Waals surface area (Å²) in [5.41, 5.74) is 1.45. The Labute approximate surface area is 161 Å². The van der Waals surface area contributed by atoms with Gasteiger partial charge in [-0.05, 0) is 73.8 Å². The first-order chi connectivity index (χ1) is 12.9. The largest absolute Gasteiger partial charge is 0.350 e. The van der Waals surface area contributed by atoms with Crippen LogP contribution in [0.2, 0.25) is 0 Å². The molecule has 1 amide bonds. The van der Waals surface area contributed by atoms with Gasteiger partial charge in [-0.3, -0.25) is 4.79 Å². The summed E-state index contributed by atoms with van der Waals surface area (Å²) in [6.07, 6.45) is 6.25. The lowest BCUT2D eigenvalue weighted by molar-refractivity contribution is -0.161. The van der Waals surface area contributed by atoms with E-state index in [2.05, 4.69) is 47.9 Å². The van der Waals surface area contributed by atoms with Gasteiger partial charge < -0.3 is 10.6 Å². The summed E-state index contributed by atoms with van der Waals surface area (Å²) in [5.74, 6) is 0.749. The molecule has 3 nitrogen and oxygen atoms in total. The molecule has 0 radical (unpaired) electrons. The van der Waals surface area contributed by atoms with E-state index in [0.717, 1.165) is 25.8 Å². The van der Waals surface area contributed by atoms with Gasteiger partial charge in [-0.2, -0.15) is 0 Å². The van der Waals surface area contributed by atoms with Crippen molar-refractivity contribution in [2.75, 3.05) is 13.1 Å². The van der Waals surface area contributed by atoms with Gasteiger partial charge in [-0.15, -0.1) is 0 Å². The zero-order valence-corrected chi connectivity index (χ0v) is 16.3. The third kappa shape index (κ3) is 2.83. The average molecular weight is 371 g/mol. The summed E-state index contributed by atoms with van der Waals surface area (Å²) < 4.78 is 14.3. The maximum atomic E-state index is 14.3. The molecule has 0 spiro atoms. The molecule has 2 N–H and O–H groups in total. The molecular formula is C23H31FN2O. The van der Waals surface area contributed by atoms with Crippen LogP contribution in [0.15, 0.2) is 30.3 Å². The topological polar surface area (TPSA) is 41.1 Å². The summed E-state index contributed by atoms with van der Waals surface area (Å²) in [6.45, 7) is 3.53. The van der Waals surface area contributed by atoms with Crippen LogP contribution >= 0.6 is 0 Å². The maximum Gasteiger partial charge on any atom is 0.226 e. The van der Waals surface area contributed by atoms with Crippen molar-refractivity contribution in [3.8, 4) is 0 Å². The monoisotopic (exact) mass is 370 g/mol. The van der Waals surface area contributed by atoms with Crippen molar-refractivity contribution < 1.29 is 9.18 Å². The highest BCUT2D eigenvalue weighted by molar-refractivity contribution is 5.84. The van der Waals surface area contributed by atoms with Gasteiger partial charge in [0.2, 0.25) is 5.91 Å². The molecule has 6 rings (SSSR count). The number of piperidine rings is 1. The number of benzene rings is 1. The SMILES string of the molecule is CC12C[C@H]3CC(C(=O)N[C@@H]4CCNC[C@H]4F)(C1)CC(c1ccccc1)(C3)C2. The molecule has 3 unspecified atom stereocenters. The molecular weight excluding hydrogens is 339 g/mol. The summed E-state index contributed by atoms with van der Waals surface area (Å²) in [6, 6.07) is 10.5. The summed E-state index contributed by atoms with van der Waals surface area (Å²) in [5, 5.41) is 6.24. The van der Waals surface area contributed by atoms with Gasteiger partial charge in [0.25, 0.3) is 0 Å². The Balaban J connectivity index is 1.46. The average Bonchev–Trinajstić information content (AvgIpc) is 2.62. The molecule has 6 atom stereocenters. The smallest absolute Gasteiger partial charge is 0.226 e. The highest BCUT2D eigenvalue weighted by Crippen LogP contribution is 2.70. The quantitative estimate of drug-likeness (QED) is 0.851. The first kappa shape index (κ1) is 17.7. The van der Waals surface area contributed by atoms with Gasteiger partial charge >= 0.3 is 0 Å². The molecule has 4 saturated carbocycles. The number of hydrogen-bond donors (Lipinski definition) is 2. The number of rotatable bonds is 3. The zero-order valence-electron chi connectivity index (χ0n) is 16.3. The molecule has 4 aliphatic carbocycles. The summed E-state index contributed by atoms with van der Waals surface area (Å²) >= 11 is 0. The fraction of sp³-hybridized carbons (Fsp3) is 0.696. The highest BCUT2D eigenvalue weighted by Gasteiger charge is 2.64. The number of alkyl halides is 1. The molecule has 27 heavy (non-hydrogen) atoms. The first-order valence-electron chi connectivity index (χ1n) is 10.6. The molecule has 5 aliphatic rings. The molecule has 1 aromatic carbocycles. The van der Waals surface area contributed by atoms with Gasteiger partial charge in [0.15, 0.2) is 0 Å². The lowest BCUT2D eigenvalue weighted by Crippen LogP contribution is -2.63. The fourth-order valence-corrected chi connectivity index (χ4v) is 7.59. The number of halogens is 1. The molecule has 4 heteroatoms. The van der Waals surface area contributed by atoms with Crippen molar-refractivity contribution in [1.29, 1.82) is 0 Å². The van der Waals surface area contributed by atoms with Crippen LogP contribution in [0.3, 0.4) is 0 Å². The van der Waals surface area contributed by atoms with Gasteiger partial charge in [0.05, 0.1) is 11.5 Å². The van der Waals surface area contributed by atoms with Gasteiger partial charge in [-0.25, -0.2) is 4.39 Å². The Hall–Kier alpha value is -1.42. The molecule has 1 aliphatic heterocycles. The Bertz CT molecular complexity index is 739. The van der Waals surface area contributed by atoms with E-state index in [9.17, 15) is 9.18 Å². The van der Waals surface area contributed by atoms with Gasteiger partial charge in [-0.1, -0.05) is 37.3 Å². The Morgan fingerprint density at radius 3 is 2.70 bits per heavy atom. The molecule has 0 aromatic heterocycles. The van der Waals surface area contributed by atoms with Crippen molar-refractivity contribution in [2.45, 2.75) is 69.5 Å². The first-order valence-corrected chi connectivity index (χ1v) is 10.6. The van der Waals surface area contributed by atoms with Crippen LogP contribution in [0.5, 0.6) is 0 Å². The Morgan fingerprint density at radius 2 is 1.96 bits per heavy atom. The third-order valence-corrected chi connectivity index (χ3v) is 7.94. The van der Waals surface area contributed by atoms with Crippen LogP contribution in [-0.2, 0) is 10.2 Å². The second kappa shape index (κ2) is 6.04. The minimum Gasteiger partial charge on any atom is -0.350 e. The van der Waals surface area contributed by atoms with Gasteiger partial charge in [0, 0.05) is 6.54 Å². The number of nitrogens with one attached hydrogen (secondary N) is 2. The highest BCUT2D eigenvalue weighted by atomic mass is 19.1. The van der Waals surface area contributed by atoms with Crippen LogP contribution in [0.4, 0.5) is 4.39 Å². The van der Waals surface area contributed by atoms with Crippen LogP contribution in [0.25, 0.3) is 0 Å². The van der Waals surface area contributed by atoms with Crippen LogP contribution in [0.1, 0.15) is 57.4 Å². The predicted molar refractivity (Wildman–Crippen MR) is 104 cm³/mol. The second-order valence-corrected chi connectivity index (χ2v) is 10.3. The van der Waals surface area contributed by atoms with E-state index in [1.54, 1.807) is 0 Å². The van der Waals surface area contributed by atoms with E-state index in [1.165, 1.54) is 24.8 Å². The van der Waals surface area contributed by atoms with Gasteiger partial charge in [0.1, 0.15) is 6.17 Å². The van der Waals surface area contributed by atoms with E-state index in [0.29, 0.717) is 18.9 Å². The van der Waals surface area contributed by atoms with E-state index in [1.807, 2.05) is 0 Å². The lowest BCUT2D eigenvalue weighted by Gasteiger charge is -2.65. The van der Waals surface area contributed by atoms with Crippen molar-refractivity contribution in [2.24, 2.45) is 16.7 Å².